The zero-order valence-electron chi connectivity index (χ0n) is 10.1. The molecular formula is C11H18N4O2. The summed E-state index contributed by atoms with van der Waals surface area (Å²) in [4.78, 5) is 12.0. The van der Waals surface area contributed by atoms with Gasteiger partial charge in [0.2, 0.25) is 0 Å². The number of nitrogens with zero attached hydrogens (tertiary/aromatic N) is 1. The van der Waals surface area contributed by atoms with Gasteiger partial charge in [-0.25, -0.2) is 0 Å². The van der Waals surface area contributed by atoms with E-state index in [1.165, 1.54) is 0 Å². The van der Waals surface area contributed by atoms with Gasteiger partial charge in [0.1, 0.15) is 0 Å². The Morgan fingerprint density at radius 1 is 1.59 bits per heavy atom. The second-order valence-corrected chi connectivity index (χ2v) is 4.40. The van der Waals surface area contributed by atoms with Crippen molar-refractivity contribution in [3.8, 4) is 0 Å². The SMILES string of the molecule is COC1CCCC1NC(=O)c1n[nH]c(C)c1N. The maximum absolute atomic E-state index is 12.0. The lowest BCUT2D eigenvalue weighted by molar-refractivity contribution is 0.0720. The van der Waals surface area contributed by atoms with Crippen molar-refractivity contribution in [3.05, 3.63) is 11.4 Å². The average Bonchev–Trinajstić information content (AvgIpc) is 2.87. The van der Waals surface area contributed by atoms with Gasteiger partial charge in [-0.05, 0) is 26.2 Å². The Kier molecular flexibility index (Phi) is 3.33. The number of aryl methyl sites for hydroxylation is 1. The van der Waals surface area contributed by atoms with Crippen molar-refractivity contribution in [1.29, 1.82) is 0 Å². The van der Waals surface area contributed by atoms with Crippen molar-refractivity contribution in [3.63, 3.8) is 0 Å². The molecule has 6 heteroatoms. The Labute approximate surface area is 99.9 Å². The molecule has 1 fully saturated rings. The number of nitrogens with one attached hydrogen (secondary N) is 2. The number of carbonyl (C=O) groups excluding carboxylic acids is 1. The van der Waals surface area contributed by atoms with Crippen LogP contribution in [0.2, 0.25) is 0 Å². The van der Waals surface area contributed by atoms with Crippen LogP contribution < -0.4 is 11.1 Å². The zero-order valence-corrected chi connectivity index (χ0v) is 10.1. The molecule has 0 aliphatic heterocycles. The molecule has 0 radical (unpaired) electrons. The molecule has 1 saturated carbocycles. The topological polar surface area (TPSA) is 93.0 Å². The molecule has 94 valence electrons. The molecule has 1 aromatic rings. The maximum atomic E-state index is 12.0. The minimum Gasteiger partial charge on any atom is -0.395 e. The predicted molar refractivity (Wildman–Crippen MR) is 63.6 cm³/mol. The first-order chi connectivity index (χ1) is 8.13. The number of ether oxygens (including phenoxy) is 1. The number of nitrogens with two attached hydrogens (primary N) is 1. The van der Waals surface area contributed by atoms with E-state index in [1.807, 2.05) is 0 Å². The molecule has 2 unspecified atom stereocenters. The Morgan fingerprint density at radius 3 is 2.94 bits per heavy atom. The number of aromatic amines is 1. The van der Waals surface area contributed by atoms with E-state index in [9.17, 15) is 4.79 Å². The third kappa shape index (κ3) is 2.26. The molecule has 1 aliphatic rings. The number of aromatic nitrogens is 2. The number of H-pyrrole nitrogens is 1. The lowest BCUT2D eigenvalue weighted by Crippen LogP contribution is -2.41. The van der Waals surface area contributed by atoms with Crippen LogP contribution in [0.3, 0.4) is 0 Å². The number of carbonyl (C=O) groups is 1. The second-order valence-electron chi connectivity index (χ2n) is 4.40. The van der Waals surface area contributed by atoms with E-state index in [0.29, 0.717) is 11.4 Å². The molecule has 1 aliphatic carbocycles. The van der Waals surface area contributed by atoms with Crippen LogP contribution in [0.15, 0.2) is 0 Å². The third-order valence-electron chi connectivity index (χ3n) is 3.28. The summed E-state index contributed by atoms with van der Waals surface area (Å²) < 4.78 is 5.32. The highest BCUT2D eigenvalue weighted by atomic mass is 16.5. The van der Waals surface area contributed by atoms with Crippen LogP contribution in [-0.2, 0) is 4.74 Å². The van der Waals surface area contributed by atoms with Crippen LogP contribution >= 0.6 is 0 Å². The van der Waals surface area contributed by atoms with Crippen LogP contribution in [0.1, 0.15) is 35.4 Å². The highest BCUT2D eigenvalue weighted by Crippen LogP contribution is 2.22. The fourth-order valence-corrected chi connectivity index (χ4v) is 2.22. The summed E-state index contributed by atoms with van der Waals surface area (Å²) >= 11 is 0. The van der Waals surface area contributed by atoms with Gasteiger partial charge < -0.3 is 15.8 Å². The molecule has 6 nitrogen and oxygen atoms in total. The minimum absolute atomic E-state index is 0.0592. The molecule has 1 heterocycles. The first-order valence-electron chi connectivity index (χ1n) is 5.77. The Balaban J connectivity index is 2.04. The average molecular weight is 238 g/mol. The number of amides is 1. The van der Waals surface area contributed by atoms with E-state index in [1.54, 1.807) is 14.0 Å². The summed E-state index contributed by atoms with van der Waals surface area (Å²) in [6.07, 6.45) is 3.09. The van der Waals surface area contributed by atoms with Crippen LogP contribution in [-0.4, -0.2) is 35.4 Å². The molecule has 0 spiro atoms. The highest BCUT2D eigenvalue weighted by molar-refractivity contribution is 5.97. The predicted octanol–water partition coefficient (Wildman–Crippen LogP) is 0.598. The van der Waals surface area contributed by atoms with Gasteiger partial charge >= 0.3 is 0 Å². The van der Waals surface area contributed by atoms with Crippen molar-refractivity contribution < 1.29 is 9.53 Å². The van der Waals surface area contributed by atoms with E-state index < -0.39 is 0 Å². The zero-order chi connectivity index (χ0) is 12.4. The van der Waals surface area contributed by atoms with E-state index in [4.69, 9.17) is 10.5 Å². The maximum Gasteiger partial charge on any atom is 0.274 e. The van der Waals surface area contributed by atoms with Crippen molar-refractivity contribution in [2.24, 2.45) is 0 Å². The molecule has 1 amide bonds. The summed E-state index contributed by atoms with van der Waals surface area (Å²) in [5.41, 5.74) is 7.15. The van der Waals surface area contributed by atoms with Crippen molar-refractivity contribution in [2.75, 3.05) is 12.8 Å². The lowest BCUT2D eigenvalue weighted by Gasteiger charge is -2.19. The summed E-state index contributed by atoms with van der Waals surface area (Å²) in [6, 6.07) is 0.0592. The summed E-state index contributed by atoms with van der Waals surface area (Å²) in [6.45, 7) is 1.78. The van der Waals surface area contributed by atoms with Gasteiger partial charge in [0, 0.05) is 7.11 Å². The number of anilines is 1. The second kappa shape index (κ2) is 4.75. The molecule has 0 bridgehead atoms. The van der Waals surface area contributed by atoms with Gasteiger partial charge in [-0.15, -0.1) is 0 Å². The fraction of sp³-hybridized carbons (Fsp3) is 0.636. The van der Waals surface area contributed by atoms with Gasteiger partial charge in [0.05, 0.1) is 23.5 Å². The van der Waals surface area contributed by atoms with E-state index in [-0.39, 0.29) is 23.7 Å². The standard InChI is InChI=1S/C11H18N4O2/c1-6-9(12)10(15-14-6)11(16)13-7-4-3-5-8(7)17-2/h7-8H,3-5,12H2,1-2H3,(H,13,16)(H,14,15). The third-order valence-corrected chi connectivity index (χ3v) is 3.28. The number of hydrogen-bond acceptors (Lipinski definition) is 4. The largest absolute Gasteiger partial charge is 0.395 e. The number of rotatable bonds is 3. The first kappa shape index (κ1) is 11.9. The monoisotopic (exact) mass is 238 g/mol. The van der Waals surface area contributed by atoms with Crippen molar-refractivity contribution in [2.45, 2.75) is 38.3 Å². The molecule has 17 heavy (non-hydrogen) atoms. The van der Waals surface area contributed by atoms with Gasteiger partial charge in [0.15, 0.2) is 5.69 Å². The molecule has 4 N–H and O–H groups in total. The first-order valence-corrected chi connectivity index (χ1v) is 5.77. The van der Waals surface area contributed by atoms with Gasteiger partial charge in [-0.3, -0.25) is 9.89 Å². The Bertz CT molecular complexity index is 416. The normalized spacial score (nSPS) is 23.9. The van der Waals surface area contributed by atoms with Crippen LogP contribution in [0.25, 0.3) is 0 Å². The van der Waals surface area contributed by atoms with Crippen molar-refractivity contribution in [1.82, 2.24) is 15.5 Å². The lowest BCUT2D eigenvalue weighted by atomic mass is 10.2. The van der Waals surface area contributed by atoms with Crippen LogP contribution in [0.4, 0.5) is 5.69 Å². The molecule has 2 atom stereocenters. The minimum atomic E-state index is -0.235. The number of nitrogen functional groups attached to an aromatic ring is 1. The fourth-order valence-electron chi connectivity index (χ4n) is 2.22. The van der Waals surface area contributed by atoms with E-state index in [2.05, 4.69) is 15.5 Å². The quantitative estimate of drug-likeness (QED) is 0.718. The van der Waals surface area contributed by atoms with Gasteiger partial charge in [0.25, 0.3) is 5.91 Å². The molecule has 0 saturated heterocycles. The van der Waals surface area contributed by atoms with Crippen LogP contribution in [0.5, 0.6) is 0 Å². The molecule has 2 rings (SSSR count). The summed E-state index contributed by atoms with van der Waals surface area (Å²) in [5, 5.41) is 9.53. The van der Waals surface area contributed by atoms with Gasteiger partial charge in [-0.2, -0.15) is 5.10 Å². The summed E-state index contributed by atoms with van der Waals surface area (Å²) in [5.74, 6) is -0.235. The Morgan fingerprint density at radius 2 is 2.35 bits per heavy atom. The number of hydrogen-bond donors (Lipinski definition) is 3. The molecular weight excluding hydrogens is 220 g/mol. The van der Waals surface area contributed by atoms with E-state index >= 15 is 0 Å². The van der Waals surface area contributed by atoms with Gasteiger partial charge in [-0.1, -0.05) is 0 Å². The highest BCUT2D eigenvalue weighted by Gasteiger charge is 2.29. The van der Waals surface area contributed by atoms with Crippen molar-refractivity contribution >= 4 is 11.6 Å². The van der Waals surface area contributed by atoms with E-state index in [0.717, 1.165) is 19.3 Å². The summed E-state index contributed by atoms with van der Waals surface area (Å²) in [7, 11) is 1.67. The Hall–Kier alpha value is -1.56. The smallest absolute Gasteiger partial charge is 0.274 e. The number of methoxy groups -OCH3 is 1. The van der Waals surface area contributed by atoms with Crippen LogP contribution in [0, 0.1) is 6.92 Å². The molecule has 1 aromatic heterocycles. The molecule has 0 aromatic carbocycles.